The third kappa shape index (κ3) is 2.88. The van der Waals surface area contributed by atoms with Crippen molar-refractivity contribution in [3.63, 3.8) is 0 Å². The Morgan fingerprint density at radius 3 is 2.83 bits per heavy atom. The number of nitrogens with zero attached hydrogens (tertiary/aromatic N) is 2. The van der Waals surface area contributed by atoms with Gasteiger partial charge in [-0.3, -0.25) is 4.98 Å². The summed E-state index contributed by atoms with van der Waals surface area (Å²) in [6.45, 7) is 4.08. The highest BCUT2D eigenvalue weighted by atomic mass is 35.5. The number of likely N-dealkylation sites (N-methyl/N-ethyl adjacent to an activating group) is 1. The number of aryl methyl sites for hydroxylation is 1. The highest BCUT2D eigenvalue weighted by molar-refractivity contribution is 7.16. The smallest absolute Gasteiger partial charge is 0.0934 e. The van der Waals surface area contributed by atoms with Gasteiger partial charge in [0.2, 0.25) is 0 Å². The van der Waals surface area contributed by atoms with E-state index < -0.39 is 0 Å². The van der Waals surface area contributed by atoms with Crippen LogP contribution in [0.1, 0.15) is 27.5 Å². The Kier molecular flexibility index (Phi) is 4.17. The number of hydrogen-bond acceptors (Lipinski definition) is 3. The Balaban J connectivity index is 1.86. The van der Waals surface area contributed by atoms with E-state index in [1.54, 1.807) is 11.3 Å². The topological polar surface area (TPSA) is 16.1 Å². The molecule has 0 aliphatic carbocycles. The molecule has 2 aromatic heterocycles. The zero-order valence-electron chi connectivity index (χ0n) is 13.8. The van der Waals surface area contributed by atoms with Gasteiger partial charge in [-0.25, -0.2) is 0 Å². The lowest BCUT2D eigenvalue weighted by molar-refractivity contribution is 0.299. The van der Waals surface area contributed by atoms with Crippen LogP contribution in [0.25, 0.3) is 11.1 Å². The van der Waals surface area contributed by atoms with E-state index in [1.165, 1.54) is 32.7 Å². The average Bonchev–Trinajstić information content (AvgIpc) is 2.94. The Hall–Kier alpha value is -1.68. The van der Waals surface area contributed by atoms with Crippen LogP contribution in [-0.4, -0.2) is 23.5 Å². The van der Waals surface area contributed by atoms with Crippen molar-refractivity contribution in [2.24, 2.45) is 0 Å². The molecule has 24 heavy (non-hydrogen) atoms. The minimum absolute atomic E-state index is 0.346. The maximum Gasteiger partial charge on any atom is 0.0934 e. The molecule has 0 N–H and O–H groups in total. The molecular weight excluding hydrogens is 336 g/mol. The standard InChI is InChI=1S/C20H19ClN2S/c1-13-7-14(10-22-9-13)15-5-3-4-6-16(15)18-11-23(2)12-19-17(18)8-20(21)24-19/h3-10,18H,11-12H2,1-2H3/t18-/m0/s1. The lowest BCUT2D eigenvalue weighted by Crippen LogP contribution is -2.30. The summed E-state index contributed by atoms with van der Waals surface area (Å²) in [5, 5.41) is 0. The predicted octanol–water partition coefficient (Wildman–Crippen LogP) is 5.35. The summed E-state index contributed by atoms with van der Waals surface area (Å²) in [5.74, 6) is 0.346. The van der Waals surface area contributed by atoms with Gasteiger partial charge in [-0.1, -0.05) is 35.9 Å². The summed E-state index contributed by atoms with van der Waals surface area (Å²) >= 11 is 8.03. The van der Waals surface area contributed by atoms with Crippen LogP contribution >= 0.6 is 22.9 Å². The van der Waals surface area contributed by atoms with Crippen LogP contribution in [0.3, 0.4) is 0 Å². The van der Waals surface area contributed by atoms with Gasteiger partial charge in [-0.2, -0.15) is 0 Å². The second-order valence-corrected chi connectivity index (χ2v) is 8.28. The van der Waals surface area contributed by atoms with Crippen molar-refractivity contribution in [2.75, 3.05) is 13.6 Å². The molecule has 1 atom stereocenters. The Labute approximate surface area is 151 Å². The van der Waals surface area contributed by atoms with Gasteiger partial charge in [0.05, 0.1) is 4.34 Å². The number of pyridine rings is 1. The SMILES string of the molecule is Cc1cncc(-c2ccccc2[C@@H]2CN(C)Cc3sc(Cl)cc32)c1. The molecule has 122 valence electrons. The molecule has 0 saturated carbocycles. The van der Waals surface area contributed by atoms with Crippen LogP contribution < -0.4 is 0 Å². The number of halogens is 1. The minimum atomic E-state index is 0.346. The summed E-state index contributed by atoms with van der Waals surface area (Å²) in [6, 6.07) is 13.1. The normalized spacial score (nSPS) is 17.7. The third-order valence-electron chi connectivity index (χ3n) is 4.62. The molecule has 0 saturated heterocycles. The van der Waals surface area contributed by atoms with E-state index in [1.807, 2.05) is 12.4 Å². The number of aromatic nitrogens is 1. The Morgan fingerprint density at radius 2 is 2.00 bits per heavy atom. The number of hydrogen-bond donors (Lipinski definition) is 0. The maximum absolute atomic E-state index is 6.32. The zero-order valence-corrected chi connectivity index (χ0v) is 15.4. The number of rotatable bonds is 2. The van der Waals surface area contributed by atoms with Gasteiger partial charge in [0.25, 0.3) is 0 Å². The lowest BCUT2D eigenvalue weighted by atomic mass is 9.84. The van der Waals surface area contributed by atoms with E-state index in [2.05, 4.69) is 60.3 Å². The van der Waals surface area contributed by atoms with Crippen molar-refractivity contribution in [3.05, 3.63) is 74.7 Å². The van der Waals surface area contributed by atoms with Gasteiger partial charge < -0.3 is 4.90 Å². The fraction of sp³-hybridized carbons (Fsp3) is 0.250. The first-order chi connectivity index (χ1) is 11.6. The monoisotopic (exact) mass is 354 g/mol. The van der Waals surface area contributed by atoms with Gasteiger partial charge in [0.15, 0.2) is 0 Å². The molecule has 0 amide bonds. The number of thiophene rings is 1. The van der Waals surface area contributed by atoms with Crippen LogP contribution in [0.5, 0.6) is 0 Å². The first-order valence-electron chi connectivity index (χ1n) is 8.09. The molecule has 1 aliphatic rings. The highest BCUT2D eigenvalue weighted by Crippen LogP contribution is 2.42. The van der Waals surface area contributed by atoms with Crippen molar-refractivity contribution in [3.8, 4) is 11.1 Å². The van der Waals surface area contributed by atoms with Crippen molar-refractivity contribution >= 4 is 22.9 Å². The van der Waals surface area contributed by atoms with E-state index in [0.717, 1.165) is 17.4 Å². The Morgan fingerprint density at radius 1 is 1.17 bits per heavy atom. The summed E-state index contributed by atoms with van der Waals surface area (Å²) in [7, 11) is 2.18. The zero-order chi connectivity index (χ0) is 16.7. The highest BCUT2D eigenvalue weighted by Gasteiger charge is 2.28. The summed E-state index contributed by atoms with van der Waals surface area (Å²) < 4.78 is 0.884. The van der Waals surface area contributed by atoms with Crippen LogP contribution in [0.2, 0.25) is 4.34 Å². The van der Waals surface area contributed by atoms with Gasteiger partial charge in [0, 0.05) is 41.8 Å². The molecule has 4 heteroatoms. The molecule has 1 aromatic carbocycles. The van der Waals surface area contributed by atoms with Crippen LogP contribution in [0, 0.1) is 6.92 Å². The van der Waals surface area contributed by atoms with Crippen molar-refractivity contribution in [1.82, 2.24) is 9.88 Å². The van der Waals surface area contributed by atoms with Crippen LogP contribution in [0.15, 0.2) is 48.8 Å². The fourth-order valence-electron chi connectivity index (χ4n) is 3.58. The number of fused-ring (bicyclic) bond motifs is 1. The molecule has 0 fully saturated rings. The maximum atomic E-state index is 6.32. The van der Waals surface area contributed by atoms with E-state index >= 15 is 0 Å². The molecule has 0 spiro atoms. The second kappa shape index (κ2) is 6.32. The molecule has 0 radical (unpaired) electrons. The van der Waals surface area contributed by atoms with Gasteiger partial charge >= 0.3 is 0 Å². The van der Waals surface area contributed by atoms with E-state index in [0.29, 0.717) is 5.92 Å². The quantitative estimate of drug-likeness (QED) is 0.616. The first kappa shape index (κ1) is 15.8. The summed E-state index contributed by atoms with van der Waals surface area (Å²) in [6.07, 6.45) is 3.86. The Bertz CT molecular complexity index is 887. The molecule has 0 unspecified atom stereocenters. The van der Waals surface area contributed by atoms with Crippen molar-refractivity contribution in [2.45, 2.75) is 19.4 Å². The second-order valence-electron chi connectivity index (χ2n) is 6.52. The molecule has 2 nitrogen and oxygen atoms in total. The number of benzene rings is 1. The summed E-state index contributed by atoms with van der Waals surface area (Å²) in [5.41, 5.74) is 6.37. The van der Waals surface area contributed by atoms with Crippen molar-refractivity contribution < 1.29 is 0 Å². The van der Waals surface area contributed by atoms with Crippen LogP contribution in [0.4, 0.5) is 0 Å². The van der Waals surface area contributed by atoms with Gasteiger partial charge in [0.1, 0.15) is 0 Å². The van der Waals surface area contributed by atoms with E-state index in [4.69, 9.17) is 11.6 Å². The van der Waals surface area contributed by atoms with Crippen molar-refractivity contribution in [1.29, 1.82) is 0 Å². The molecule has 4 rings (SSSR count). The van der Waals surface area contributed by atoms with Gasteiger partial charge in [-0.05, 0) is 48.4 Å². The predicted molar refractivity (Wildman–Crippen MR) is 102 cm³/mol. The van der Waals surface area contributed by atoms with Crippen LogP contribution in [-0.2, 0) is 6.54 Å². The molecule has 1 aliphatic heterocycles. The molecule has 3 aromatic rings. The lowest BCUT2D eigenvalue weighted by Gasteiger charge is -2.31. The molecular formula is C20H19ClN2S. The largest absolute Gasteiger partial charge is 0.300 e. The first-order valence-corrected chi connectivity index (χ1v) is 9.29. The molecule has 3 heterocycles. The minimum Gasteiger partial charge on any atom is -0.300 e. The fourth-order valence-corrected chi connectivity index (χ4v) is 5.00. The third-order valence-corrected chi connectivity index (χ3v) is 5.88. The summed E-state index contributed by atoms with van der Waals surface area (Å²) in [4.78, 5) is 8.15. The average molecular weight is 355 g/mol. The van der Waals surface area contributed by atoms with Gasteiger partial charge in [-0.15, -0.1) is 11.3 Å². The van der Waals surface area contributed by atoms with E-state index in [-0.39, 0.29) is 0 Å². The van der Waals surface area contributed by atoms with E-state index in [9.17, 15) is 0 Å². The molecule has 0 bridgehead atoms.